The van der Waals surface area contributed by atoms with Crippen molar-refractivity contribution in [2.24, 2.45) is 7.05 Å². The van der Waals surface area contributed by atoms with Gasteiger partial charge in [-0.05, 0) is 44.4 Å². The number of aromatic nitrogens is 2. The fourth-order valence-corrected chi connectivity index (χ4v) is 3.22. The average molecular weight is 267 g/mol. The van der Waals surface area contributed by atoms with Crippen molar-refractivity contribution in [2.45, 2.75) is 50.9 Å². The molecule has 1 aliphatic carbocycles. The third kappa shape index (κ3) is 2.00. The molecule has 1 aromatic heterocycles. The molecule has 3 rings (SSSR count). The van der Waals surface area contributed by atoms with E-state index in [9.17, 15) is 5.26 Å². The van der Waals surface area contributed by atoms with Crippen LogP contribution >= 0.6 is 0 Å². The van der Waals surface area contributed by atoms with E-state index < -0.39 is 5.41 Å². The van der Waals surface area contributed by atoms with Crippen LogP contribution in [0.25, 0.3) is 11.0 Å². The third-order valence-corrected chi connectivity index (χ3v) is 4.64. The maximum absolute atomic E-state index is 9.28. The zero-order chi connectivity index (χ0) is 14.3. The summed E-state index contributed by atoms with van der Waals surface area (Å²) in [6.45, 7) is 3.91. The molecule has 0 aliphatic heterocycles. The maximum atomic E-state index is 9.28. The zero-order valence-electron chi connectivity index (χ0n) is 12.5. The summed E-state index contributed by atoms with van der Waals surface area (Å²) in [5.74, 6) is 1.82. The number of rotatable bonds is 2. The molecule has 0 bridgehead atoms. The summed E-state index contributed by atoms with van der Waals surface area (Å²) < 4.78 is 2.23. The number of benzene rings is 1. The Kier molecular flexibility index (Phi) is 3.05. The zero-order valence-corrected chi connectivity index (χ0v) is 12.5. The quantitative estimate of drug-likeness (QED) is 0.824. The molecule has 1 aromatic carbocycles. The van der Waals surface area contributed by atoms with Gasteiger partial charge in [-0.3, -0.25) is 0 Å². The van der Waals surface area contributed by atoms with Crippen molar-refractivity contribution in [2.75, 3.05) is 0 Å². The summed E-state index contributed by atoms with van der Waals surface area (Å²) in [4.78, 5) is 4.86. The summed E-state index contributed by atoms with van der Waals surface area (Å²) in [6.07, 6.45) is 5.16. The topological polar surface area (TPSA) is 41.6 Å². The van der Waals surface area contributed by atoms with Crippen LogP contribution in [0.3, 0.4) is 0 Å². The second-order valence-electron chi connectivity index (χ2n) is 6.45. The monoisotopic (exact) mass is 267 g/mol. The Labute approximate surface area is 120 Å². The fraction of sp³-hybridized carbons (Fsp3) is 0.529. The molecule has 1 saturated carbocycles. The summed E-state index contributed by atoms with van der Waals surface area (Å²) >= 11 is 0. The molecule has 0 atom stereocenters. The minimum Gasteiger partial charge on any atom is -0.331 e. The molecule has 0 amide bonds. The lowest BCUT2D eigenvalue weighted by atomic mass is 9.86. The molecule has 0 saturated heterocycles. The molecule has 20 heavy (non-hydrogen) atoms. The van der Waals surface area contributed by atoms with Gasteiger partial charge >= 0.3 is 0 Å². The normalized spacial score (nSPS) is 16.7. The highest BCUT2D eigenvalue weighted by Crippen LogP contribution is 2.35. The molecule has 1 fully saturated rings. The number of aryl methyl sites for hydroxylation is 1. The summed E-state index contributed by atoms with van der Waals surface area (Å²) in [5, 5.41) is 9.28. The van der Waals surface area contributed by atoms with E-state index in [2.05, 4.69) is 35.9 Å². The number of nitrogens with zero attached hydrogens (tertiary/aromatic N) is 3. The van der Waals surface area contributed by atoms with Crippen LogP contribution in [0, 0.1) is 11.3 Å². The van der Waals surface area contributed by atoms with Gasteiger partial charge in [0.2, 0.25) is 0 Å². The van der Waals surface area contributed by atoms with E-state index in [0.717, 1.165) is 11.1 Å². The van der Waals surface area contributed by atoms with E-state index in [1.165, 1.54) is 37.0 Å². The highest BCUT2D eigenvalue weighted by molar-refractivity contribution is 5.77. The molecular formula is C17H21N3. The minimum absolute atomic E-state index is 0.459. The standard InChI is InChI=1S/C17H21N3/c1-17(2,11-18)13-8-9-15-14(10-13)19-16(20(15)3)12-6-4-5-7-12/h8-10,12H,4-7H2,1-3H3. The van der Waals surface area contributed by atoms with Crippen molar-refractivity contribution in [3.8, 4) is 6.07 Å². The van der Waals surface area contributed by atoms with Gasteiger partial charge in [0.1, 0.15) is 5.82 Å². The van der Waals surface area contributed by atoms with Gasteiger partial charge in [-0.1, -0.05) is 18.9 Å². The van der Waals surface area contributed by atoms with E-state index in [-0.39, 0.29) is 0 Å². The molecule has 0 unspecified atom stereocenters. The van der Waals surface area contributed by atoms with Gasteiger partial charge in [-0.2, -0.15) is 5.26 Å². The summed E-state index contributed by atoms with van der Waals surface area (Å²) in [6, 6.07) is 8.61. The molecule has 1 heterocycles. The molecule has 104 valence electrons. The highest BCUT2D eigenvalue weighted by Gasteiger charge is 2.24. The highest BCUT2D eigenvalue weighted by atomic mass is 15.1. The number of imidazole rings is 1. The lowest BCUT2D eigenvalue weighted by Crippen LogP contribution is -2.13. The van der Waals surface area contributed by atoms with Gasteiger partial charge in [0.25, 0.3) is 0 Å². The first-order valence-corrected chi connectivity index (χ1v) is 7.41. The van der Waals surface area contributed by atoms with Crippen LogP contribution in [0.5, 0.6) is 0 Å². The SMILES string of the molecule is Cn1c(C2CCCC2)nc2cc(C(C)(C)C#N)ccc21. The Bertz CT molecular complexity index is 682. The van der Waals surface area contributed by atoms with Crippen LogP contribution in [0.4, 0.5) is 0 Å². The van der Waals surface area contributed by atoms with Gasteiger partial charge in [0.15, 0.2) is 0 Å². The predicted molar refractivity (Wildman–Crippen MR) is 80.6 cm³/mol. The van der Waals surface area contributed by atoms with E-state index in [0.29, 0.717) is 5.92 Å². The first-order chi connectivity index (χ1) is 9.53. The van der Waals surface area contributed by atoms with Crippen LogP contribution in [-0.4, -0.2) is 9.55 Å². The average Bonchev–Trinajstić information content (AvgIpc) is 3.06. The van der Waals surface area contributed by atoms with Crippen LogP contribution < -0.4 is 0 Å². The molecule has 0 N–H and O–H groups in total. The van der Waals surface area contributed by atoms with Crippen molar-refractivity contribution in [3.63, 3.8) is 0 Å². The van der Waals surface area contributed by atoms with Crippen molar-refractivity contribution in [1.82, 2.24) is 9.55 Å². The minimum atomic E-state index is -0.459. The van der Waals surface area contributed by atoms with Crippen LogP contribution in [0.2, 0.25) is 0 Å². The largest absolute Gasteiger partial charge is 0.331 e. The van der Waals surface area contributed by atoms with E-state index in [1.807, 2.05) is 13.8 Å². The van der Waals surface area contributed by atoms with Gasteiger partial charge in [0.05, 0.1) is 22.5 Å². The number of hydrogen-bond donors (Lipinski definition) is 0. The number of fused-ring (bicyclic) bond motifs is 1. The van der Waals surface area contributed by atoms with Gasteiger partial charge in [-0.15, -0.1) is 0 Å². The molecule has 0 radical (unpaired) electrons. The molecule has 2 aromatic rings. The number of hydrogen-bond acceptors (Lipinski definition) is 2. The van der Waals surface area contributed by atoms with Crippen molar-refractivity contribution in [1.29, 1.82) is 5.26 Å². The maximum Gasteiger partial charge on any atom is 0.112 e. The molecule has 3 heteroatoms. The summed E-state index contributed by atoms with van der Waals surface area (Å²) in [7, 11) is 2.11. The first kappa shape index (κ1) is 13.2. The lowest BCUT2D eigenvalue weighted by molar-refractivity contribution is 0.639. The first-order valence-electron chi connectivity index (χ1n) is 7.41. The van der Waals surface area contributed by atoms with Crippen molar-refractivity contribution >= 4 is 11.0 Å². The van der Waals surface area contributed by atoms with Crippen molar-refractivity contribution in [3.05, 3.63) is 29.6 Å². The Balaban J connectivity index is 2.10. The Morgan fingerprint density at radius 1 is 1.30 bits per heavy atom. The summed E-state index contributed by atoms with van der Waals surface area (Å²) in [5.41, 5.74) is 2.78. The third-order valence-electron chi connectivity index (χ3n) is 4.64. The second-order valence-corrected chi connectivity index (χ2v) is 6.45. The molecular weight excluding hydrogens is 246 g/mol. The Hall–Kier alpha value is -1.82. The molecule has 3 nitrogen and oxygen atoms in total. The van der Waals surface area contributed by atoms with E-state index >= 15 is 0 Å². The number of nitriles is 1. The predicted octanol–water partition coefficient (Wildman–Crippen LogP) is 4.03. The molecule has 0 spiro atoms. The van der Waals surface area contributed by atoms with Gasteiger partial charge < -0.3 is 4.57 Å². The Morgan fingerprint density at radius 2 is 2.00 bits per heavy atom. The van der Waals surface area contributed by atoms with Crippen LogP contribution in [0.15, 0.2) is 18.2 Å². The van der Waals surface area contributed by atoms with Crippen molar-refractivity contribution < 1.29 is 0 Å². The smallest absolute Gasteiger partial charge is 0.112 e. The van der Waals surface area contributed by atoms with Crippen LogP contribution in [-0.2, 0) is 12.5 Å². The fourth-order valence-electron chi connectivity index (χ4n) is 3.22. The second kappa shape index (κ2) is 4.63. The van der Waals surface area contributed by atoms with Gasteiger partial charge in [-0.25, -0.2) is 4.98 Å². The van der Waals surface area contributed by atoms with E-state index in [4.69, 9.17) is 4.98 Å². The molecule has 1 aliphatic rings. The van der Waals surface area contributed by atoms with Gasteiger partial charge in [0, 0.05) is 13.0 Å². The lowest BCUT2D eigenvalue weighted by Gasteiger charge is -2.15. The van der Waals surface area contributed by atoms with E-state index in [1.54, 1.807) is 0 Å². The van der Waals surface area contributed by atoms with Crippen LogP contribution in [0.1, 0.15) is 56.8 Å². The Morgan fingerprint density at radius 3 is 2.65 bits per heavy atom.